The zero-order valence-electron chi connectivity index (χ0n) is 26.7. The summed E-state index contributed by atoms with van der Waals surface area (Å²) < 4.78 is 20.2. The predicted molar refractivity (Wildman–Crippen MR) is 176 cm³/mol. The summed E-state index contributed by atoms with van der Waals surface area (Å²) in [5, 5.41) is 8.88. The van der Waals surface area contributed by atoms with Gasteiger partial charge in [0.15, 0.2) is 23.0 Å². The van der Waals surface area contributed by atoms with E-state index < -0.39 is 23.9 Å². The quantitative estimate of drug-likeness (QED) is 0.0969. The van der Waals surface area contributed by atoms with Crippen LogP contribution in [0.5, 0.6) is 23.0 Å². The van der Waals surface area contributed by atoms with Crippen molar-refractivity contribution < 1.29 is 47.7 Å². The molecule has 0 unspecified atom stereocenters. The number of carbonyl (C=O) groups excluding carboxylic acids is 6. The third-order valence-electron chi connectivity index (χ3n) is 5.71. The van der Waals surface area contributed by atoms with Crippen molar-refractivity contribution in [1.29, 1.82) is 0 Å². The van der Waals surface area contributed by atoms with E-state index in [1.54, 1.807) is 24.3 Å². The molecule has 254 valence electrons. The summed E-state index contributed by atoms with van der Waals surface area (Å²) in [4.78, 5) is 69.5. The van der Waals surface area contributed by atoms with Crippen LogP contribution in [0.1, 0.15) is 58.1 Å². The molecular formula is C33H40ClN3O10. The average molecular weight is 674 g/mol. The minimum absolute atomic E-state index is 0. The second-order valence-electron chi connectivity index (χ2n) is 9.85. The lowest BCUT2D eigenvalue weighted by Crippen LogP contribution is -2.27. The number of carbonyl (C=O) groups is 6. The van der Waals surface area contributed by atoms with E-state index in [-0.39, 0.29) is 47.2 Å². The van der Waals surface area contributed by atoms with E-state index >= 15 is 0 Å². The molecule has 0 heterocycles. The van der Waals surface area contributed by atoms with Gasteiger partial charge < -0.3 is 34.9 Å². The maximum absolute atomic E-state index is 12.1. The van der Waals surface area contributed by atoms with E-state index in [9.17, 15) is 28.8 Å². The number of esters is 4. The molecule has 0 saturated carbocycles. The second-order valence-corrected chi connectivity index (χ2v) is 9.85. The maximum Gasteiger partial charge on any atom is 0.308 e. The van der Waals surface area contributed by atoms with E-state index in [0.717, 1.165) is 25.8 Å². The van der Waals surface area contributed by atoms with Gasteiger partial charge in [0.25, 0.3) is 0 Å². The number of hydrogen-bond acceptors (Lipinski definition) is 11. The Balaban J connectivity index is 0.0000110. The third kappa shape index (κ3) is 17.3. The first-order valence-corrected chi connectivity index (χ1v) is 14.6. The van der Waals surface area contributed by atoms with Crippen LogP contribution in [0.15, 0.2) is 48.6 Å². The highest BCUT2D eigenvalue weighted by Gasteiger charge is 2.12. The van der Waals surface area contributed by atoms with Crippen LogP contribution >= 0.6 is 12.4 Å². The number of unbranched alkanes of at least 4 members (excludes halogenated alkanes) is 1. The third-order valence-corrected chi connectivity index (χ3v) is 5.71. The van der Waals surface area contributed by atoms with Gasteiger partial charge >= 0.3 is 23.9 Å². The number of rotatable bonds is 17. The maximum atomic E-state index is 12.1. The van der Waals surface area contributed by atoms with Gasteiger partial charge in [0, 0.05) is 52.9 Å². The second kappa shape index (κ2) is 21.7. The van der Waals surface area contributed by atoms with Crippen molar-refractivity contribution in [3.63, 3.8) is 0 Å². The van der Waals surface area contributed by atoms with Crippen LogP contribution in [0, 0.1) is 0 Å². The Kier molecular flexibility index (Phi) is 18.5. The summed E-state index contributed by atoms with van der Waals surface area (Å²) in [5.41, 5.74) is 1.17. The molecule has 0 bridgehead atoms. The first kappa shape index (κ1) is 40.0. The van der Waals surface area contributed by atoms with Crippen LogP contribution in [0.2, 0.25) is 0 Å². The van der Waals surface area contributed by atoms with Gasteiger partial charge in [0.1, 0.15) is 0 Å². The molecule has 0 fully saturated rings. The Morgan fingerprint density at radius 2 is 0.894 bits per heavy atom. The molecule has 2 amide bonds. The highest BCUT2D eigenvalue weighted by Crippen LogP contribution is 2.30. The topological polar surface area (TPSA) is 175 Å². The van der Waals surface area contributed by atoms with E-state index in [0.29, 0.717) is 30.8 Å². The Morgan fingerprint density at radius 3 is 1.32 bits per heavy atom. The molecule has 0 aliphatic carbocycles. The van der Waals surface area contributed by atoms with Crippen LogP contribution in [0.3, 0.4) is 0 Å². The van der Waals surface area contributed by atoms with Gasteiger partial charge in [0.2, 0.25) is 11.8 Å². The SMILES string of the molecule is CC(=O)Oc1ccc(/C=C/C(=O)NCCCCNCCCNC(=O)/C=C/c2ccc(OC(C)=O)c(OC(C)=O)c2)cc1OC(C)=O.Cl. The molecule has 14 heteroatoms. The van der Waals surface area contributed by atoms with Gasteiger partial charge in [-0.1, -0.05) is 12.1 Å². The molecule has 0 atom stereocenters. The fraction of sp³-hybridized carbons (Fsp3) is 0.333. The molecule has 0 aliphatic heterocycles. The Morgan fingerprint density at radius 1 is 0.532 bits per heavy atom. The fourth-order valence-electron chi connectivity index (χ4n) is 3.80. The number of ether oxygens (including phenoxy) is 4. The van der Waals surface area contributed by atoms with Crippen molar-refractivity contribution >= 4 is 60.3 Å². The summed E-state index contributed by atoms with van der Waals surface area (Å²) >= 11 is 0. The molecule has 2 aromatic carbocycles. The molecule has 0 radical (unpaired) electrons. The molecule has 0 spiro atoms. The number of amides is 2. The lowest BCUT2D eigenvalue weighted by molar-refractivity contribution is -0.134. The molecule has 13 nitrogen and oxygen atoms in total. The van der Waals surface area contributed by atoms with E-state index in [1.165, 1.54) is 64.1 Å². The van der Waals surface area contributed by atoms with Crippen molar-refractivity contribution in [3.8, 4) is 23.0 Å². The van der Waals surface area contributed by atoms with Crippen LogP contribution < -0.4 is 34.9 Å². The lowest BCUT2D eigenvalue weighted by atomic mass is 10.2. The monoisotopic (exact) mass is 673 g/mol. The molecule has 0 aliphatic rings. The van der Waals surface area contributed by atoms with Gasteiger partial charge in [0.05, 0.1) is 0 Å². The van der Waals surface area contributed by atoms with Crippen molar-refractivity contribution in [2.75, 3.05) is 26.2 Å². The van der Waals surface area contributed by atoms with Crippen LogP contribution in [-0.4, -0.2) is 61.9 Å². The summed E-state index contributed by atoms with van der Waals surface area (Å²) in [5.74, 6) is -2.44. The van der Waals surface area contributed by atoms with Gasteiger partial charge in [-0.2, -0.15) is 0 Å². The van der Waals surface area contributed by atoms with Crippen LogP contribution in [0.4, 0.5) is 0 Å². The largest absolute Gasteiger partial charge is 0.423 e. The number of nitrogens with one attached hydrogen (secondary N) is 3. The normalized spacial score (nSPS) is 10.6. The first-order valence-electron chi connectivity index (χ1n) is 14.6. The standard InChI is InChI=1S/C33H39N3O10.ClH/c1-22(37)43-28-12-8-26(20-30(28)45-24(3)39)10-14-32(41)35-18-6-5-16-34-17-7-19-36-33(42)15-11-27-9-13-29(44-23(2)38)31(21-27)46-25(4)40;/h8-15,20-21,34H,5-7,16-19H2,1-4H3,(H,35,41)(H,36,42);1H/b14-10+,15-11+;. The smallest absolute Gasteiger partial charge is 0.308 e. The highest BCUT2D eigenvalue weighted by molar-refractivity contribution is 5.92. The van der Waals surface area contributed by atoms with Gasteiger partial charge in [-0.15, -0.1) is 12.4 Å². The summed E-state index contributed by atoms with van der Waals surface area (Å²) in [7, 11) is 0. The predicted octanol–water partition coefficient (Wildman–Crippen LogP) is 3.53. The molecule has 0 aromatic heterocycles. The van der Waals surface area contributed by atoms with Crippen LogP contribution in [-0.2, 0) is 28.8 Å². The summed E-state index contributed by atoms with van der Waals surface area (Å²) in [6, 6.07) is 9.21. The molecule has 47 heavy (non-hydrogen) atoms. The molecule has 0 saturated heterocycles. The fourth-order valence-corrected chi connectivity index (χ4v) is 3.80. The molecular weight excluding hydrogens is 634 g/mol. The molecule has 3 N–H and O–H groups in total. The van der Waals surface area contributed by atoms with E-state index in [1.807, 2.05) is 0 Å². The van der Waals surface area contributed by atoms with Crippen molar-refractivity contribution in [2.24, 2.45) is 0 Å². The van der Waals surface area contributed by atoms with Gasteiger partial charge in [-0.05, 0) is 79.9 Å². The highest BCUT2D eigenvalue weighted by atomic mass is 35.5. The minimum Gasteiger partial charge on any atom is -0.423 e. The lowest BCUT2D eigenvalue weighted by Gasteiger charge is -2.09. The van der Waals surface area contributed by atoms with Crippen LogP contribution in [0.25, 0.3) is 12.2 Å². The zero-order chi connectivity index (χ0) is 33.9. The minimum atomic E-state index is -0.571. The zero-order valence-corrected chi connectivity index (χ0v) is 27.5. The van der Waals surface area contributed by atoms with Gasteiger partial charge in [-0.25, -0.2) is 0 Å². The molecule has 2 aromatic rings. The van der Waals surface area contributed by atoms with Crippen molar-refractivity contribution in [1.82, 2.24) is 16.0 Å². The van der Waals surface area contributed by atoms with Gasteiger partial charge in [-0.3, -0.25) is 28.8 Å². The first-order chi connectivity index (χ1) is 21.9. The number of hydrogen-bond donors (Lipinski definition) is 3. The average Bonchev–Trinajstić information content (AvgIpc) is 2.97. The van der Waals surface area contributed by atoms with Crippen molar-refractivity contribution in [3.05, 3.63) is 59.7 Å². The van der Waals surface area contributed by atoms with E-state index in [2.05, 4.69) is 16.0 Å². The van der Waals surface area contributed by atoms with Crippen molar-refractivity contribution in [2.45, 2.75) is 47.0 Å². The molecule has 2 rings (SSSR count). The Labute approximate surface area is 279 Å². The number of benzene rings is 2. The summed E-state index contributed by atoms with van der Waals surface area (Å²) in [6.45, 7) is 7.35. The Hall–Kier alpha value is -5.01. The summed E-state index contributed by atoms with van der Waals surface area (Å²) in [6.07, 6.45) is 8.16. The number of halogens is 1. The van der Waals surface area contributed by atoms with E-state index in [4.69, 9.17) is 18.9 Å². The Bertz CT molecular complexity index is 1360.